The van der Waals surface area contributed by atoms with Crippen molar-refractivity contribution in [1.29, 1.82) is 0 Å². The zero-order chi connectivity index (χ0) is 14.9. The van der Waals surface area contributed by atoms with Crippen LogP contribution in [0.25, 0.3) is 11.3 Å². The minimum absolute atomic E-state index is 0.00199. The molecule has 0 unspecified atom stereocenters. The molecular weight excluding hydrogens is 260 g/mol. The van der Waals surface area contributed by atoms with Gasteiger partial charge in [-0.15, -0.1) is 0 Å². The summed E-state index contributed by atoms with van der Waals surface area (Å²) in [6.07, 6.45) is 0. The minimum atomic E-state index is -1.08. The van der Waals surface area contributed by atoms with Gasteiger partial charge in [-0.05, 0) is 43.2 Å². The highest BCUT2D eigenvalue weighted by Gasteiger charge is 2.15. The van der Waals surface area contributed by atoms with Crippen molar-refractivity contribution >= 4 is 11.9 Å². The third-order valence-electron chi connectivity index (χ3n) is 3.18. The first kappa shape index (κ1) is 13.8. The van der Waals surface area contributed by atoms with E-state index in [1.807, 2.05) is 19.9 Å². The second-order valence-corrected chi connectivity index (χ2v) is 4.43. The predicted octanol–water partition coefficient (Wildman–Crippen LogP) is 2.18. The summed E-state index contributed by atoms with van der Waals surface area (Å²) in [6.45, 7) is 3.70. The van der Waals surface area contributed by atoms with Gasteiger partial charge in [-0.3, -0.25) is 5.10 Å². The van der Waals surface area contributed by atoms with E-state index in [4.69, 9.17) is 9.84 Å². The largest absolute Gasteiger partial charge is 0.477 e. The van der Waals surface area contributed by atoms with E-state index in [9.17, 15) is 9.59 Å². The Labute approximate surface area is 115 Å². The second-order valence-electron chi connectivity index (χ2n) is 4.43. The lowest BCUT2D eigenvalue weighted by molar-refractivity contribution is 0.0599. The van der Waals surface area contributed by atoms with Crippen LogP contribution in [0.1, 0.15) is 32.0 Å². The number of ether oxygens (including phenoxy) is 1. The molecule has 2 rings (SSSR count). The number of H-pyrrole nitrogens is 1. The Bertz CT molecular complexity index is 688. The van der Waals surface area contributed by atoms with Crippen LogP contribution in [0.3, 0.4) is 0 Å². The number of nitrogens with one attached hydrogen (secondary N) is 1. The molecule has 0 saturated heterocycles. The Morgan fingerprint density at radius 3 is 2.50 bits per heavy atom. The van der Waals surface area contributed by atoms with Crippen molar-refractivity contribution < 1.29 is 19.4 Å². The summed E-state index contributed by atoms with van der Waals surface area (Å²) in [6, 6.07) is 4.92. The summed E-state index contributed by atoms with van der Waals surface area (Å²) in [4.78, 5) is 22.6. The van der Waals surface area contributed by atoms with Gasteiger partial charge in [0.1, 0.15) is 5.69 Å². The molecule has 6 heteroatoms. The van der Waals surface area contributed by atoms with Crippen molar-refractivity contribution in [1.82, 2.24) is 10.2 Å². The second kappa shape index (κ2) is 5.16. The van der Waals surface area contributed by atoms with E-state index in [2.05, 4.69) is 10.2 Å². The van der Waals surface area contributed by atoms with E-state index in [0.717, 1.165) is 11.1 Å². The van der Waals surface area contributed by atoms with Crippen molar-refractivity contribution in [3.8, 4) is 11.3 Å². The predicted molar refractivity (Wildman–Crippen MR) is 71.8 cm³/mol. The molecule has 6 nitrogen and oxygen atoms in total. The van der Waals surface area contributed by atoms with E-state index < -0.39 is 11.9 Å². The Morgan fingerprint density at radius 2 is 1.95 bits per heavy atom. The molecule has 2 aromatic rings. The van der Waals surface area contributed by atoms with Crippen LogP contribution in [0.5, 0.6) is 0 Å². The number of esters is 1. The van der Waals surface area contributed by atoms with E-state index >= 15 is 0 Å². The standard InChI is InChI=1S/C14H14N2O4/c1-7-4-9(5-10(8(7)2)14(19)20-3)11-6-12(13(17)18)16-15-11/h4-6H,1-3H3,(H,15,16)(H,17,18). The minimum Gasteiger partial charge on any atom is -0.477 e. The van der Waals surface area contributed by atoms with Gasteiger partial charge in [0.05, 0.1) is 18.4 Å². The van der Waals surface area contributed by atoms with Crippen LogP contribution in [-0.2, 0) is 4.74 Å². The summed E-state index contributed by atoms with van der Waals surface area (Å²) in [5, 5.41) is 15.3. The molecule has 1 aromatic carbocycles. The van der Waals surface area contributed by atoms with Gasteiger partial charge in [0, 0.05) is 5.56 Å². The molecule has 0 aliphatic carbocycles. The van der Waals surface area contributed by atoms with Gasteiger partial charge in [0.2, 0.25) is 0 Å². The number of nitrogens with zero attached hydrogens (tertiary/aromatic N) is 1. The number of benzene rings is 1. The van der Waals surface area contributed by atoms with Gasteiger partial charge in [-0.1, -0.05) is 0 Å². The quantitative estimate of drug-likeness (QED) is 0.837. The zero-order valence-electron chi connectivity index (χ0n) is 11.4. The molecule has 104 valence electrons. The number of methoxy groups -OCH3 is 1. The zero-order valence-corrected chi connectivity index (χ0v) is 11.4. The number of hydrogen-bond acceptors (Lipinski definition) is 4. The summed E-state index contributed by atoms with van der Waals surface area (Å²) in [5.74, 6) is -1.51. The molecule has 20 heavy (non-hydrogen) atoms. The molecule has 0 bridgehead atoms. The highest BCUT2D eigenvalue weighted by molar-refractivity contribution is 5.93. The number of carboxylic acids is 1. The van der Waals surface area contributed by atoms with E-state index in [1.54, 1.807) is 6.07 Å². The Balaban J connectivity index is 2.54. The number of aromatic nitrogens is 2. The average molecular weight is 274 g/mol. The third-order valence-corrected chi connectivity index (χ3v) is 3.18. The lowest BCUT2D eigenvalue weighted by Gasteiger charge is -2.09. The fourth-order valence-electron chi connectivity index (χ4n) is 1.91. The van der Waals surface area contributed by atoms with Crippen LogP contribution in [0, 0.1) is 13.8 Å². The Kier molecular flexibility index (Phi) is 3.56. The molecule has 0 radical (unpaired) electrons. The number of rotatable bonds is 3. The number of carboxylic acid groups (broad SMARTS) is 1. The van der Waals surface area contributed by atoms with Crippen LogP contribution < -0.4 is 0 Å². The molecule has 0 atom stereocenters. The van der Waals surface area contributed by atoms with Crippen LogP contribution in [-0.4, -0.2) is 34.4 Å². The number of aromatic amines is 1. The molecule has 0 fully saturated rings. The van der Waals surface area contributed by atoms with Crippen LogP contribution in [0.2, 0.25) is 0 Å². The molecule has 0 aliphatic heterocycles. The highest BCUT2D eigenvalue weighted by atomic mass is 16.5. The monoisotopic (exact) mass is 274 g/mol. The number of carbonyl (C=O) groups is 2. The summed E-state index contributed by atoms with van der Waals surface area (Å²) in [5.41, 5.74) is 3.31. The summed E-state index contributed by atoms with van der Waals surface area (Å²) >= 11 is 0. The fraction of sp³-hybridized carbons (Fsp3) is 0.214. The Hall–Kier alpha value is -2.63. The number of aryl methyl sites for hydroxylation is 1. The maximum absolute atomic E-state index is 11.7. The van der Waals surface area contributed by atoms with Crippen LogP contribution in [0.15, 0.2) is 18.2 Å². The van der Waals surface area contributed by atoms with Crippen molar-refractivity contribution in [2.75, 3.05) is 7.11 Å². The smallest absolute Gasteiger partial charge is 0.353 e. The first-order valence-electron chi connectivity index (χ1n) is 5.92. The lowest BCUT2D eigenvalue weighted by atomic mass is 9.98. The number of carbonyl (C=O) groups excluding carboxylic acids is 1. The SMILES string of the molecule is COC(=O)c1cc(-c2cc(C(=O)O)[nH]n2)cc(C)c1C. The topological polar surface area (TPSA) is 92.3 Å². The van der Waals surface area contributed by atoms with Crippen molar-refractivity contribution in [2.45, 2.75) is 13.8 Å². The van der Waals surface area contributed by atoms with Gasteiger partial charge < -0.3 is 9.84 Å². The summed E-state index contributed by atoms with van der Waals surface area (Å²) in [7, 11) is 1.32. The first-order valence-corrected chi connectivity index (χ1v) is 5.92. The van der Waals surface area contributed by atoms with Gasteiger partial charge >= 0.3 is 11.9 Å². The average Bonchev–Trinajstić information content (AvgIpc) is 2.90. The van der Waals surface area contributed by atoms with Crippen molar-refractivity contribution in [3.05, 3.63) is 40.6 Å². The molecule has 1 aromatic heterocycles. The molecule has 0 saturated carbocycles. The molecular formula is C14H14N2O4. The first-order chi connectivity index (χ1) is 9.43. The van der Waals surface area contributed by atoms with Crippen LogP contribution in [0.4, 0.5) is 0 Å². The molecule has 0 aliphatic rings. The van der Waals surface area contributed by atoms with Gasteiger partial charge in [0.15, 0.2) is 0 Å². The van der Waals surface area contributed by atoms with Gasteiger partial charge in [-0.25, -0.2) is 9.59 Å². The van der Waals surface area contributed by atoms with Gasteiger partial charge in [-0.2, -0.15) is 5.10 Å². The highest BCUT2D eigenvalue weighted by Crippen LogP contribution is 2.25. The molecule has 0 amide bonds. The molecule has 1 heterocycles. The van der Waals surface area contributed by atoms with Crippen molar-refractivity contribution in [2.24, 2.45) is 0 Å². The van der Waals surface area contributed by atoms with Gasteiger partial charge in [0.25, 0.3) is 0 Å². The number of aromatic carboxylic acids is 1. The fourth-order valence-corrected chi connectivity index (χ4v) is 1.91. The Morgan fingerprint density at radius 1 is 1.25 bits per heavy atom. The third kappa shape index (κ3) is 2.40. The van der Waals surface area contributed by atoms with Crippen molar-refractivity contribution in [3.63, 3.8) is 0 Å². The molecule has 0 spiro atoms. The maximum Gasteiger partial charge on any atom is 0.353 e. The number of hydrogen-bond donors (Lipinski definition) is 2. The summed E-state index contributed by atoms with van der Waals surface area (Å²) < 4.78 is 4.75. The van der Waals surface area contributed by atoms with E-state index in [0.29, 0.717) is 16.8 Å². The molecule has 2 N–H and O–H groups in total. The van der Waals surface area contributed by atoms with Crippen LogP contribution >= 0.6 is 0 Å². The normalized spacial score (nSPS) is 10.3. The van der Waals surface area contributed by atoms with E-state index in [1.165, 1.54) is 13.2 Å². The van der Waals surface area contributed by atoms with E-state index in [-0.39, 0.29) is 5.69 Å². The maximum atomic E-state index is 11.7. The lowest BCUT2D eigenvalue weighted by Crippen LogP contribution is -2.05.